The Balaban J connectivity index is 1.79. The minimum atomic E-state index is -0.927. The van der Waals surface area contributed by atoms with Crippen molar-refractivity contribution in [3.05, 3.63) is 35.9 Å². The summed E-state index contributed by atoms with van der Waals surface area (Å²) in [6.45, 7) is 16.6. The Morgan fingerprint density at radius 1 is 0.902 bits per heavy atom. The zero-order chi connectivity index (χ0) is 45.8. The summed E-state index contributed by atoms with van der Waals surface area (Å²) in [6, 6.07) is 8.43. The Labute approximate surface area is 365 Å². The molecular weight excluding hydrogens is 779 g/mol. The Kier molecular flexibility index (Phi) is 20.1. The Morgan fingerprint density at radius 3 is 2.10 bits per heavy atom. The van der Waals surface area contributed by atoms with Crippen LogP contribution in [0.2, 0.25) is 0 Å². The number of carbonyl (C=O) groups excluding carboxylic acids is 5. The molecule has 1 aliphatic heterocycles. The smallest absolute Gasteiger partial charge is 0.313 e. The zero-order valence-corrected chi connectivity index (χ0v) is 39.2. The summed E-state index contributed by atoms with van der Waals surface area (Å²) in [5.41, 5.74) is 0.0782. The molecule has 0 spiro atoms. The first-order valence-electron chi connectivity index (χ1n) is 22.6. The van der Waals surface area contributed by atoms with E-state index in [4.69, 9.17) is 19.3 Å². The van der Waals surface area contributed by atoms with Crippen molar-refractivity contribution >= 4 is 35.3 Å². The monoisotopic (exact) mass is 856 g/mol. The van der Waals surface area contributed by atoms with Gasteiger partial charge in [0, 0.05) is 64.8 Å². The summed E-state index contributed by atoms with van der Waals surface area (Å²) in [6.07, 6.45) is 1.89. The van der Waals surface area contributed by atoms with Crippen molar-refractivity contribution in [3.63, 3.8) is 0 Å². The van der Waals surface area contributed by atoms with Crippen molar-refractivity contribution in [2.24, 2.45) is 35.0 Å². The van der Waals surface area contributed by atoms with Gasteiger partial charge in [-0.1, -0.05) is 85.2 Å². The van der Waals surface area contributed by atoms with Crippen LogP contribution in [-0.4, -0.2) is 133 Å². The van der Waals surface area contributed by atoms with Gasteiger partial charge in [-0.05, 0) is 69.5 Å². The topological polar surface area (TPSA) is 160 Å². The van der Waals surface area contributed by atoms with E-state index in [1.807, 2.05) is 90.7 Å². The second-order valence-electron chi connectivity index (χ2n) is 18.5. The van der Waals surface area contributed by atoms with Crippen LogP contribution in [0.1, 0.15) is 125 Å². The highest BCUT2D eigenvalue weighted by Crippen LogP contribution is 2.62. The van der Waals surface area contributed by atoms with Gasteiger partial charge in [0.25, 0.3) is 0 Å². The molecule has 0 bridgehead atoms. The lowest BCUT2D eigenvalue weighted by Gasteiger charge is -2.41. The molecular formula is C48H77N3O10. The van der Waals surface area contributed by atoms with Crippen LogP contribution in [0.5, 0.6) is 0 Å². The van der Waals surface area contributed by atoms with Crippen molar-refractivity contribution < 1.29 is 48.1 Å². The summed E-state index contributed by atoms with van der Waals surface area (Å²) in [5.74, 6) is -3.30. The highest BCUT2D eigenvalue weighted by atomic mass is 16.5. The number of carbonyl (C=O) groups is 6. The number of hydrogen-bond donors (Lipinski definition) is 1. The number of rotatable bonds is 27. The number of benzene rings is 1. The summed E-state index contributed by atoms with van der Waals surface area (Å²) < 4.78 is 17.6. The predicted molar refractivity (Wildman–Crippen MR) is 235 cm³/mol. The van der Waals surface area contributed by atoms with Crippen LogP contribution in [0.4, 0.5) is 0 Å². The largest absolute Gasteiger partial charge is 0.481 e. The number of methoxy groups -OCH3 is 2. The predicted octanol–water partition coefficient (Wildman–Crippen LogP) is 6.66. The van der Waals surface area contributed by atoms with E-state index < -0.39 is 47.5 Å². The average Bonchev–Trinajstić information content (AvgIpc) is 3.74. The van der Waals surface area contributed by atoms with Gasteiger partial charge in [0.05, 0.1) is 48.8 Å². The minimum absolute atomic E-state index is 0.00491. The highest BCUT2D eigenvalue weighted by Gasteiger charge is 2.63. The van der Waals surface area contributed by atoms with E-state index >= 15 is 0 Å². The third-order valence-electron chi connectivity index (χ3n) is 13.7. The maximum atomic E-state index is 14.5. The van der Waals surface area contributed by atoms with Crippen molar-refractivity contribution in [3.8, 4) is 0 Å². The number of likely N-dealkylation sites (tertiary alicyclic amines) is 1. The van der Waals surface area contributed by atoms with E-state index in [2.05, 4.69) is 0 Å². The highest BCUT2D eigenvalue weighted by molar-refractivity contribution is 5.92. The number of carboxylic acid groups (broad SMARTS) is 1. The van der Waals surface area contributed by atoms with E-state index in [0.29, 0.717) is 38.8 Å². The number of carboxylic acids is 1. The molecule has 1 saturated heterocycles. The standard InChI is InChI=1S/C48H77N3O10/c1-13-32(7)44(50(10)46(57)35(30(3)4)26-38(52)43(31(5)6)49(9)24-19-23-42(55)56)40(59-11)27-41(54)51-25-18-22-37(51)45(60-12)33(8)39(53)29-48(47(58)61-14-2)28-36(48)34-20-16-15-17-21-34/h15-17,20-21,30-33,35-37,40,43-45H,13-14,18-19,22-29H2,1-12H3,(H,55,56)/t32-,33-,35-,36+,37-,40+,43-,44-,45+,48-/m0/s1. The first-order valence-corrected chi connectivity index (χ1v) is 22.6. The molecule has 1 heterocycles. The molecule has 3 rings (SSSR count). The molecule has 2 fully saturated rings. The van der Waals surface area contributed by atoms with E-state index in [1.165, 1.54) is 0 Å². The molecule has 1 aromatic carbocycles. The first-order chi connectivity index (χ1) is 28.8. The normalized spacial score (nSPS) is 22.3. The fourth-order valence-corrected chi connectivity index (χ4v) is 9.96. The Bertz CT molecular complexity index is 1620. The van der Waals surface area contributed by atoms with Gasteiger partial charge in [-0.3, -0.25) is 33.7 Å². The number of nitrogens with zero attached hydrogens (tertiary/aromatic N) is 3. The number of hydrogen-bond acceptors (Lipinski definition) is 10. The minimum Gasteiger partial charge on any atom is -0.481 e. The zero-order valence-electron chi connectivity index (χ0n) is 39.2. The van der Waals surface area contributed by atoms with Crippen LogP contribution in [0.15, 0.2) is 30.3 Å². The van der Waals surface area contributed by atoms with Crippen molar-refractivity contribution in [1.29, 1.82) is 0 Å². The van der Waals surface area contributed by atoms with Crippen LogP contribution >= 0.6 is 0 Å². The maximum Gasteiger partial charge on any atom is 0.313 e. The molecule has 0 unspecified atom stereocenters. The lowest BCUT2D eigenvalue weighted by atomic mass is 9.83. The average molecular weight is 856 g/mol. The SMILES string of the molecule is CCOC(=O)[C@]1(CC(=O)[C@H](C)[C@@H](OC)[C@@H]2CCCN2C(=O)C[C@@H](OC)[C@H]([C@@H](C)CC)N(C)C(=O)[C@@H](CC(=O)[C@H](C(C)C)N(C)CCCC(=O)O)C(C)C)C[C@@H]1c1ccccc1. The van der Waals surface area contributed by atoms with Crippen LogP contribution < -0.4 is 0 Å². The molecule has 344 valence electrons. The maximum absolute atomic E-state index is 14.5. The molecule has 10 atom stereocenters. The van der Waals surface area contributed by atoms with E-state index in [-0.39, 0.29) is 91.4 Å². The van der Waals surface area contributed by atoms with Gasteiger partial charge in [0.2, 0.25) is 11.8 Å². The van der Waals surface area contributed by atoms with Crippen molar-refractivity contribution in [2.75, 3.05) is 48.0 Å². The summed E-state index contributed by atoms with van der Waals surface area (Å²) in [4.78, 5) is 86.9. The van der Waals surface area contributed by atoms with Crippen molar-refractivity contribution in [1.82, 2.24) is 14.7 Å². The van der Waals surface area contributed by atoms with Crippen LogP contribution in [0, 0.1) is 35.0 Å². The molecule has 0 aromatic heterocycles. The summed E-state index contributed by atoms with van der Waals surface area (Å²) in [7, 11) is 6.69. The van der Waals surface area contributed by atoms with Gasteiger partial charge >= 0.3 is 11.9 Å². The van der Waals surface area contributed by atoms with E-state index in [9.17, 15) is 28.8 Å². The molecule has 13 nitrogen and oxygen atoms in total. The second-order valence-corrected chi connectivity index (χ2v) is 18.5. The van der Waals surface area contributed by atoms with Crippen LogP contribution in [-0.2, 0) is 43.0 Å². The number of Topliss-reactive ketones (excluding diaryl/α,β-unsaturated/α-hetero) is 2. The number of amides is 2. The number of ketones is 2. The number of likely N-dealkylation sites (N-methyl/N-ethyl adjacent to an activating group) is 2. The van der Waals surface area contributed by atoms with Gasteiger partial charge in [0.1, 0.15) is 5.78 Å². The van der Waals surface area contributed by atoms with E-state index in [1.54, 1.807) is 38.0 Å². The molecule has 0 radical (unpaired) electrons. The molecule has 1 aliphatic carbocycles. The summed E-state index contributed by atoms with van der Waals surface area (Å²) >= 11 is 0. The first kappa shape index (κ1) is 51.7. The molecule has 1 N–H and O–H groups in total. The van der Waals surface area contributed by atoms with Crippen molar-refractivity contribution in [2.45, 2.75) is 149 Å². The van der Waals surface area contributed by atoms with Gasteiger partial charge in [0.15, 0.2) is 5.78 Å². The third kappa shape index (κ3) is 12.9. The summed E-state index contributed by atoms with van der Waals surface area (Å²) in [5, 5.41) is 9.13. The second kappa shape index (κ2) is 23.7. The molecule has 2 aliphatic rings. The quantitative estimate of drug-likeness (QED) is 0.0944. The lowest BCUT2D eigenvalue weighted by Crippen LogP contribution is -2.54. The molecule has 13 heteroatoms. The molecule has 61 heavy (non-hydrogen) atoms. The number of ether oxygens (including phenoxy) is 3. The van der Waals surface area contributed by atoms with Crippen LogP contribution in [0.25, 0.3) is 0 Å². The Morgan fingerprint density at radius 2 is 1.56 bits per heavy atom. The Hall–Kier alpha value is -3.68. The van der Waals surface area contributed by atoms with Gasteiger partial charge in [-0.2, -0.15) is 0 Å². The van der Waals surface area contributed by atoms with E-state index in [0.717, 1.165) is 12.0 Å². The van der Waals surface area contributed by atoms with Gasteiger partial charge in [-0.25, -0.2) is 0 Å². The molecule has 1 aromatic rings. The number of aliphatic carboxylic acids is 1. The van der Waals surface area contributed by atoms with Crippen LogP contribution in [0.3, 0.4) is 0 Å². The molecule has 1 saturated carbocycles. The molecule has 2 amide bonds. The fraction of sp³-hybridized carbons (Fsp3) is 0.750. The van der Waals surface area contributed by atoms with Gasteiger partial charge < -0.3 is 29.1 Å². The fourth-order valence-electron chi connectivity index (χ4n) is 9.96. The number of esters is 1. The lowest BCUT2D eigenvalue weighted by molar-refractivity contribution is -0.153. The van der Waals surface area contributed by atoms with Gasteiger partial charge in [-0.15, -0.1) is 0 Å². The third-order valence-corrected chi connectivity index (χ3v) is 13.7.